The lowest BCUT2D eigenvalue weighted by Gasteiger charge is -2.47. The van der Waals surface area contributed by atoms with E-state index in [1.807, 2.05) is 0 Å². The summed E-state index contributed by atoms with van der Waals surface area (Å²) in [6.07, 6.45) is 7.19. The lowest BCUT2D eigenvalue weighted by Crippen LogP contribution is -2.50. The van der Waals surface area contributed by atoms with Crippen LogP contribution in [0, 0.1) is 21.7 Å². The van der Waals surface area contributed by atoms with Gasteiger partial charge in [0.25, 0.3) is 0 Å². The van der Waals surface area contributed by atoms with Gasteiger partial charge in [0, 0.05) is 71.5 Å². The van der Waals surface area contributed by atoms with Crippen LogP contribution in [0.4, 0.5) is 9.59 Å². The van der Waals surface area contributed by atoms with Crippen molar-refractivity contribution in [1.82, 2.24) is 16.0 Å². The van der Waals surface area contributed by atoms with Gasteiger partial charge in [-0.05, 0) is 131 Å². The Morgan fingerprint density at radius 3 is 1.55 bits per heavy atom. The van der Waals surface area contributed by atoms with E-state index in [9.17, 15) is 28.8 Å². The SMILES string of the molecule is C.C=C(C)C(=O)OCCOC(=O)CCC1(C)CC(NC(C)=O)CC(C)(C)C1.C=C(C)C(=O)OCCOC(=O)NCC1(C)CC(NC(=O)OCCOCCC[Si](C)(C)C[Si](C)(C)O[Si](C)(C)CCCOCCOC)CC(C)(C)C1. The zero-order chi connectivity index (χ0) is 58.7. The molecule has 3 amide bonds. The molecule has 2 rings (SSSR count). The zero-order valence-electron chi connectivity index (χ0n) is 50.7. The van der Waals surface area contributed by atoms with E-state index in [-0.39, 0.29) is 91.7 Å². The van der Waals surface area contributed by atoms with Gasteiger partial charge in [0.1, 0.15) is 33.0 Å². The Kier molecular flexibility index (Phi) is 33.7. The third-order valence-corrected chi connectivity index (χ3v) is 28.5. The van der Waals surface area contributed by atoms with Gasteiger partial charge in [0.2, 0.25) is 5.91 Å². The Morgan fingerprint density at radius 2 is 1.01 bits per heavy atom. The lowest BCUT2D eigenvalue weighted by molar-refractivity contribution is -0.150. The van der Waals surface area contributed by atoms with Crippen molar-refractivity contribution >= 4 is 60.7 Å². The maximum atomic E-state index is 12.7. The first-order chi connectivity index (χ1) is 35.5. The topological polar surface area (TPSA) is 222 Å². The summed E-state index contributed by atoms with van der Waals surface area (Å²) in [4.78, 5) is 71.0. The van der Waals surface area contributed by atoms with Gasteiger partial charge in [-0.2, -0.15) is 0 Å². The Hall–Kier alpha value is -3.61. The van der Waals surface area contributed by atoms with Crippen molar-refractivity contribution < 1.29 is 70.8 Å². The maximum Gasteiger partial charge on any atom is 0.407 e. The first-order valence-electron chi connectivity index (χ1n) is 27.8. The van der Waals surface area contributed by atoms with Crippen LogP contribution >= 0.6 is 0 Å². The summed E-state index contributed by atoms with van der Waals surface area (Å²) < 4.78 is 49.0. The van der Waals surface area contributed by atoms with Crippen LogP contribution in [-0.2, 0) is 61.2 Å². The number of carbonyl (C=O) groups excluding carboxylic acids is 6. The smallest absolute Gasteiger partial charge is 0.407 e. The summed E-state index contributed by atoms with van der Waals surface area (Å²) in [5, 5.41) is 8.89. The van der Waals surface area contributed by atoms with Crippen LogP contribution in [0.15, 0.2) is 24.3 Å². The molecular formula is C57H109N3O15Si3. The molecule has 0 aromatic carbocycles. The molecule has 0 heterocycles. The van der Waals surface area contributed by atoms with Crippen molar-refractivity contribution in [2.45, 2.75) is 203 Å². The zero-order valence-corrected chi connectivity index (χ0v) is 53.7. The minimum atomic E-state index is -1.79. The first-order valence-corrected chi connectivity index (χ1v) is 37.4. The molecule has 0 saturated heterocycles. The average molecular weight is 1160 g/mol. The molecule has 2 fully saturated rings. The highest BCUT2D eigenvalue weighted by molar-refractivity contribution is 6.96. The number of hydrogen-bond acceptors (Lipinski definition) is 15. The van der Waals surface area contributed by atoms with Gasteiger partial charge in [0.05, 0.1) is 19.8 Å². The van der Waals surface area contributed by atoms with Crippen LogP contribution in [0.5, 0.6) is 0 Å². The van der Waals surface area contributed by atoms with E-state index in [1.165, 1.54) is 18.6 Å². The molecule has 2 saturated carbocycles. The van der Waals surface area contributed by atoms with Crippen LogP contribution in [0.25, 0.3) is 0 Å². The van der Waals surface area contributed by atoms with E-state index in [2.05, 4.69) is 110 Å². The van der Waals surface area contributed by atoms with Crippen LogP contribution in [0.1, 0.15) is 134 Å². The van der Waals surface area contributed by atoms with E-state index >= 15 is 0 Å². The third kappa shape index (κ3) is 35.2. The fourth-order valence-corrected chi connectivity index (χ4v) is 31.1. The summed E-state index contributed by atoms with van der Waals surface area (Å²) in [6.45, 7) is 42.7. The van der Waals surface area contributed by atoms with Crippen molar-refractivity contribution in [2.24, 2.45) is 21.7 Å². The van der Waals surface area contributed by atoms with Crippen molar-refractivity contribution in [3.8, 4) is 0 Å². The summed E-state index contributed by atoms with van der Waals surface area (Å²) >= 11 is 0. The number of esters is 3. The number of rotatable bonds is 33. The standard InChI is InChI=1S/C36H72N2O10Si3.C20H33NO5.CH4/c1-30(2)32(39)45-21-22-46-33(40)37-28-36(5)26-31(25-35(3,4)27-36)38-34(41)47-20-19-44-15-13-23-49(7,8)29-51(11,12)48-50(9,10)24-14-16-43-18-17-42-6;1-14(2)18(24)26-10-9-25-17(23)7-8-20(6)12-16(21-15(3)22)11-19(4,5)13-20;/h31H,1,13-29H2,2-12H3,(H,37,40)(H,38,41);16H,1,7-13H2,2-6H3,(H,21,22);1H4. The molecular weight excluding hydrogens is 1050 g/mol. The molecule has 2 aliphatic rings. The molecule has 18 nitrogen and oxygen atoms in total. The second-order valence-electron chi connectivity index (χ2n) is 25.9. The van der Waals surface area contributed by atoms with Gasteiger partial charge in [0.15, 0.2) is 16.6 Å². The van der Waals surface area contributed by atoms with Crippen LogP contribution in [-0.4, -0.2) is 153 Å². The second kappa shape index (κ2) is 35.3. The lowest BCUT2D eigenvalue weighted by atomic mass is 9.61. The van der Waals surface area contributed by atoms with Crippen LogP contribution < -0.4 is 16.0 Å². The number of carbonyl (C=O) groups is 6. The van der Waals surface area contributed by atoms with Gasteiger partial charge in [-0.3, -0.25) is 9.59 Å². The van der Waals surface area contributed by atoms with Gasteiger partial charge in [-0.25, -0.2) is 19.2 Å². The van der Waals surface area contributed by atoms with E-state index < -0.39 is 48.8 Å². The highest BCUT2D eigenvalue weighted by Crippen LogP contribution is 2.49. The summed E-state index contributed by atoms with van der Waals surface area (Å²) in [6, 6.07) is 2.33. The molecule has 78 heavy (non-hydrogen) atoms. The number of alkyl carbamates (subject to hydrolysis) is 2. The minimum Gasteiger partial charge on any atom is -0.462 e. The highest BCUT2D eigenvalue weighted by atomic mass is 28.4. The Balaban J connectivity index is 0.00000184. The van der Waals surface area contributed by atoms with E-state index in [0.717, 1.165) is 57.6 Å². The van der Waals surface area contributed by atoms with Crippen molar-refractivity contribution in [3.63, 3.8) is 0 Å². The third-order valence-electron chi connectivity index (χ3n) is 13.6. The summed E-state index contributed by atoms with van der Waals surface area (Å²) in [5.74, 6) is -1.31. The predicted octanol–water partition coefficient (Wildman–Crippen LogP) is 11.1. The minimum absolute atomic E-state index is 0. The number of ether oxygens (including phenoxy) is 8. The average Bonchev–Trinajstić information content (AvgIpc) is 3.26. The number of methoxy groups -OCH3 is 1. The highest BCUT2D eigenvalue weighted by Gasteiger charge is 2.44. The molecule has 0 aromatic rings. The van der Waals surface area contributed by atoms with E-state index in [0.29, 0.717) is 57.8 Å². The Bertz CT molecular complexity index is 1900. The number of amides is 3. The van der Waals surface area contributed by atoms with Crippen molar-refractivity contribution in [2.75, 3.05) is 79.7 Å². The fraction of sp³-hybridized carbons (Fsp3) is 0.825. The maximum absolute atomic E-state index is 12.7. The van der Waals surface area contributed by atoms with Gasteiger partial charge in [-0.15, -0.1) is 0 Å². The molecule has 0 bridgehead atoms. The van der Waals surface area contributed by atoms with Gasteiger partial charge >= 0.3 is 30.1 Å². The number of nitrogens with one attached hydrogen (secondary N) is 3. The van der Waals surface area contributed by atoms with Gasteiger partial charge in [-0.1, -0.05) is 81.3 Å². The number of hydrogen-bond donors (Lipinski definition) is 3. The first kappa shape index (κ1) is 74.4. The molecule has 4 unspecified atom stereocenters. The summed E-state index contributed by atoms with van der Waals surface area (Å²) in [5.41, 5.74) is 1.62. The molecule has 3 N–H and O–H groups in total. The van der Waals surface area contributed by atoms with Crippen LogP contribution in [0.2, 0.25) is 57.0 Å². The Labute approximate surface area is 474 Å². The monoisotopic (exact) mass is 1160 g/mol. The Morgan fingerprint density at radius 1 is 0.551 bits per heavy atom. The van der Waals surface area contributed by atoms with E-state index in [4.69, 9.17) is 42.0 Å². The summed E-state index contributed by atoms with van der Waals surface area (Å²) in [7, 11) is -3.31. The molecule has 0 aliphatic heterocycles. The molecule has 0 spiro atoms. The normalized spacial score (nSPS) is 20.7. The predicted molar refractivity (Wildman–Crippen MR) is 316 cm³/mol. The molecule has 0 aromatic heterocycles. The second-order valence-corrected chi connectivity index (χ2v) is 40.5. The quantitative estimate of drug-likeness (QED) is 0.0183. The molecule has 4 atom stereocenters. The van der Waals surface area contributed by atoms with E-state index in [1.54, 1.807) is 21.0 Å². The largest absolute Gasteiger partial charge is 0.462 e. The van der Waals surface area contributed by atoms with Crippen molar-refractivity contribution in [3.05, 3.63) is 24.3 Å². The van der Waals surface area contributed by atoms with Crippen LogP contribution in [0.3, 0.4) is 0 Å². The molecule has 21 heteroatoms. The fourth-order valence-electron chi connectivity index (χ4n) is 11.8. The molecule has 454 valence electrons. The molecule has 2 aliphatic carbocycles. The van der Waals surface area contributed by atoms with Gasteiger partial charge < -0.3 is 58.0 Å². The molecule has 0 radical (unpaired) electrons. The van der Waals surface area contributed by atoms with Crippen molar-refractivity contribution in [1.29, 1.82) is 0 Å².